The first kappa shape index (κ1) is 10.4. The molecule has 1 N–H and O–H groups in total. The summed E-state index contributed by atoms with van der Waals surface area (Å²) in [5, 5.41) is 2.95. The first-order valence-corrected chi connectivity index (χ1v) is 4.66. The molecule has 0 saturated heterocycles. The Morgan fingerprint density at radius 2 is 2.12 bits per heavy atom. The van der Waals surface area contributed by atoms with E-state index in [2.05, 4.69) is 15.3 Å². The number of halogens is 1. The first-order chi connectivity index (χ1) is 7.78. The second-order valence-electron chi connectivity index (χ2n) is 3.08. The predicted molar refractivity (Wildman–Crippen MR) is 58.3 cm³/mol. The summed E-state index contributed by atoms with van der Waals surface area (Å²) in [5.41, 5.74) is 0.775. The first-order valence-electron chi connectivity index (χ1n) is 4.66. The van der Waals surface area contributed by atoms with Crippen molar-refractivity contribution in [3.05, 3.63) is 42.6 Å². The fourth-order valence-electron chi connectivity index (χ4n) is 1.25. The van der Waals surface area contributed by atoms with Crippen LogP contribution in [0.1, 0.15) is 0 Å². The van der Waals surface area contributed by atoms with Gasteiger partial charge in [0.15, 0.2) is 0 Å². The third-order valence-corrected chi connectivity index (χ3v) is 1.98. The maximum absolute atomic E-state index is 12.8. The highest BCUT2D eigenvalue weighted by Gasteiger charge is 1.99. The van der Waals surface area contributed by atoms with Crippen LogP contribution in [0.25, 0.3) is 0 Å². The molecule has 0 unspecified atom stereocenters. The van der Waals surface area contributed by atoms with Crippen LogP contribution in [0.15, 0.2) is 36.7 Å². The van der Waals surface area contributed by atoms with Crippen molar-refractivity contribution in [3.8, 4) is 5.75 Å². The third kappa shape index (κ3) is 2.44. The van der Waals surface area contributed by atoms with Crippen molar-refractivity contribution in [1.82, 2.24) is 9.97 Å². The Morgan fingerprint density at radius 1 is 1.25 bits per heavy atom. The van der Waals surface area contributed by atoms with Gasteiger partial charge in [-0.1, -0.05) is 6.07 Å². The lowest BCUT2D eigenvalue weighted by atomic mass is 10.3. The van der Waals surface area contributed by atoms with E-state index in [1.807, 2.05) is 18.2 Å². The van der Waals surface area contributed by atoms with E-state index in [9.17, 15) is 4.39 Å². The van der Waals surface area contributed by atoms with Crippen LogP contribution in [-0.2, 0) is 0 Å². The molecule has 4 nitrogen and oxygen atoms in total. The lowest BCUT2D eigenvalue weighted by Crippen LogP contribution is -1.95. The van der Waals surface area contributed by atoms with Crippen molar-refractivity contribution in [1.29, 1.82) is 0 Å². The summed E-state index contributed by atoms with van der Waals surface area (Å²) in [5.74, 6) is 0.556. The van der Waals surface area contributed by atoms with E-state index in [1.165, 1.54) is 6.07 Å². The van der Waals surface area contributed by atoms with E-state index in [0.717, 1.165) is 17.8 Å². The second-order valence-corrected chi connectivity index (χ2v) is 3.08. The maximum atomic E-state index is 12.8. The largest absolute Gasteiger partial charge is 0.497 e. The van der Waals surface area contributed by atoms with Gasteiger partial charge in [0.05, 0.1) is 7.11 Å². The van der Waals surface area contributed by atoms with Gasteiger partial charge < -0.3 is 10.1 Å². The standard InChI is InChI=1S/C11H10FN3O/c1-16-9-4-2-3-8(5-9)15-11-6-10(12)13-7-14-11/h2-7H,1H3,(H,13,14,15). The number of nitrogens with zero attached hydrogens (tertiary/aromatic N) is 2. The van der Waals surface area contributed by atoms with Gasteiger partial charge in [0.25, 0.3) is 0 Å². The van der Waals surface area contributed by atoms with Crippen LogP contribution in [0.3, 0.4) is 0 Å². The van der Waals surface area contributed by atoms with Gasteiger partial charge in [-0.05, 0) is 12.1 Å². The Kier molecular flexibility index (Phi) is 2.95. The highest BCUT2D eigenvalue weighted by molar-refractivity contribution is 5.57. The van der Waals surface area contributed by atoms with Crippen LogP contribution in [0.5, 0.6) is 5.75 Å². The number of hydrogen-bond acceptors (Lipinski definition) is 4. The summed E-state index contributed by atoms with van der Waals surface area (Å²) >= 11 is 0. The number of anilines is 2. The van der Waals surface area contributed by atoms with E-state index in [1.54, 1.807) is 13.2 Å². The van der Waals surface area contributed by atoms with Crippen molar-refractivity contribution < 1.29 is 9.13 Å². The monoisotopic (exact) mass is 219 g/mol. The molecule has 0 radical (unpaired) electrons. The summed E-state index contributed by atoms with van der Waals surface area (Å²) in [6, 6.07) is 8.51. The highest BCUT2D eigenvalue weighted by Crippen LogP contribution is 2.19. The Balaban J connectivity index is 2.20. The number of methoxy groups -OCH3 is 1. The van der Waals surface area contributed by atoms with Crippen molar-refractivity contribution in [2.24, 2.45) is 0 Å². The SMILES string of the molecule is COc1cccc(Nc2cc(F)ncn2)c1. The highest BCUT2D eigenvalue weighted by atomic mass is 19.1. The molecule has 0 spiro atoms. The molecule has 0 bridgehead atoms. The average molecular weight is 219 g/mol. The van der Waals surface area contributed by atoms with Crippen LogP contribution in [-0.4, -0.2) is 17.1 Å². The van der Waals surface area contributed by atoms with Gasteiger partial charge in [-0.25, -0.2) is 9.97 Å². The zero-order valence-electron chi connectivity index (χ0n) is 8.64. The summed E-state index contributed by atoms with van der Waals surface area (Å²) < 4.78 is 17.9. The number of ether oxygens (including phenoxy) is 1. The molecule has 0 amide bonds. The molecule has 0 atom stereocenters. The van der Waals surface area contributed by atoms with Gasteiger partial charge in [0.2, 0.25) is 5.95 Å². The van der Waals surface area contributed by atoms with Crippen molar-refractivity contribution in [2.45, 2.75) is 0 Å². The molecule has 1 aromatic heterocycles. The molecule has 1 heterocycles. The van der Waals surface area contributed by atoms with Gasteiger partial charge >= 0.3 is 0 Å². The average Bonchev–Trinajstić information content (AvgIpc) is 2.29. The van der Waals surface area contributed by atoms with Crippen molar-refractivity contribution in [3.63, 3.8) is 0 Å². The molecule has 0 fully saturated rings. The smallest absolute Gasteiger partial charge is 0.218 e. The van der Waals surface area contributed by atoms with Gasteiger partial charge in [0.1, 0.15) is 17.9 Å². The quantitative estimate of drug-likeness (QED) is 0.805. The van der Waals surface area contributed by atoms with Gasteiger partial charge in [-0.3, -0.25) is 0 Å². The minimum absolute atomic E-state index is 0.403. The molecule has 5 heteroatoms. The van der Waals surface area contributed by atoms with E-state index >= 15 is 0 Å². The molecule has 82 valence electrons. The van der Waals surface area contributed by atoms with Crippen molar-refractivity contribution in [2.75, 3.05) is 12.4 Å². The minimum Gasteiger partial charge on any atom is -0.497 e. The number of aromatic nitrogens is 2. The van der Waals surface area contributed by atoms with Crippen LogP contribution in [0.2, 0.25) is 0 Å². The van der Waals surface area contributed by atoms with E-state index in [4.69, 9.17) is 4.74 Å². The number of rotatable bonds is 3. The number of hydrogen-bond donors (Lipinski definition) is 1. The van der Waals surface area contributed by atoms with Crippen molar-refractivity contribution >= 4 is 11.5 Å². The lowest BCUT2D eigenvalue weighted by Gasteiger charge is -2.06. The molecule has 0 aliphatic rings. The van der Waals surface area contributed by atoms with Crippen LogP contribution < -0.4 is 10.1 Å². The maximum Gasteiger partial charge on any atom is 0.218 e. The summed E-state index contributed by atoms with van der Waals surface area (Å²) in [7, 11) is 1.59. The number of nitrogens with one attached hydrogen (secondary N) is 1. The fourth-order valence-corrected chi connectivity index (χ4v) is 1.25. The predicted octanol–water partition coefficient (Wildman–Crippen LogP) is 2.37. The molecule has 0 saturated carbocycles. The van der Waals surface area contributed by atoms with E-state index < -0.39 is 5.95 Å². The van der Waals surface area contributed by atoms with Crippen LogP contribution >= 0.6 is 0 Å². The normalized spacial score (nSPS) is 9.88. The van der Waals surface area contributed by atoms with Crippen LogP contribution in [0.4, 0.5) is 15.9 Å². The second kappa shape index (κ2) is 4.57. The summed E-state index contributed by atoms with van der Waals surface area (Å²) in [6.45, 7) is 0. The van der Waals surface area contributed by atoms with Gasteiger partial charge in [-0.15, -0.1) is 0 Å². The molecule has 16 heavy (non-hydrogen) atoms. The Hall–Kier alpha value is -2.17. The third-order valence-electron chi connectivity index (χ3n) is 1.98. The topological polar surface area (TPSA) is 47.0 Å². The van der Waals surface area contributed by atoms with E-state index in [-0.39, 0.29) is 0 Å². The minimum atomic E-state index is -0.569. The molecular weight excluding hydrogens is 209 g/mol. The zero-order valence-corrected chi connectivity index (χ0v) is 8.64. The molecule has 0 aliphatic carbocycles. The van der Waals surface area contributed by atoms with Crippen LogP contribution in [0, 0.1) is 5.95 Å². The molecule has 2 aromatic rings. The van der Waals surface area contributed by atoms with Gasteiger partial charge in [0, 0.05) is 17.8 Å². The Bertz CT molecular complexity index is 490. The Morgan fingerprint density at radius 3 is 2.88 bits per heavy atom. The molecule has 2 rings (SSSR count). The summed E-state index contributed by atoms with van der Waals surface area (Å²) in [6.07, 6.45) is 1.16. The Labute approximate surface area is 92.1 Å². The van der Waals surface area contributed by atoms with E-state index in [0.29, 0.717) is 5.82 Å². The molecule has 1 aromatic carbocycles. The molecule has 0 aliphatic heterocycles. The zero-order chi connectivity index (χ0) is 11.4. The molecular formula is C11H10FN3O. The lowest BCUT2D eigenvalue weighted by molar-refractivity contribution is 0.415. The number of benzene rings is 1. The van der Waals surface area contributed by atoms with Gasteiger partial charge in [-0.2, -0.15) is 4.39 Å². The summed E-state index contributed by atoms with van der Waals surface area (Å²) in [4.78, 5) is 7.26. The fraction of sp³-hybridized carbons (Fsp3) is 0.0909.